The topological polar surface area (TPSA) is 20.2 Å². The van der Waals surface area contributed by atoms with Gasteiger partial charge in [0.05, 0.1) is 6.10 Å². The zero-order chi connectivity index (χ0) is 7.68. The number of hydrogen-bond acceptors (Lipinski definition) is 1. The Hall–Kier alpha value is -0.820. The molecule has 11 heavy (non-hydrogen) atoms. The van der Waals surface area contributed by atoms with Gasteiger partial charge in [0, 0.05) is 5.92 Å². The molecular weight excluding hydrogens is 136 g/mol. The second-order valence-electron chi connectivity index (χ2n) is 3.14. The molecule has 1 heteroatoms. The van der Waals surface area contributed by atoms with Crippen molar-refractivity contribution in [1.82, 2.24) is 0 Å². The summed E-state index contributed by atoms with van der Waals surface area (Å²) in [6, 6.07) is 0. The van der Waals surface area contributed by atoms with Gasteiger partial charge in [0.15, 0.2) is 0 Å². The Morgan fingerprint density at radius 2 is 2.18 bits per heavy atom. The van der Waals surface area contributed by atoms with Gasteiger partial charge in [-0.15, -0.1) is 0 Å². The minimum atomic E-state index is -0.141. The van der Waals surface area contributed by atoms with Gasteiger partial charge in [0.1, 0.15) is 0 Å². The van der Waals surface area contributed by atoms with E-state index >= 15 is 0 Å². The van der Waals surface area contributed by atoms with Crippen LogP contribution in [-0.2, 0) is 0 Å². The Bertz CT molecular complexity index is 235. The Labute approximate surface area is 66.7 Å². The maximum atomic E-state index is 9.53. The second kappa shape index (κ2) is 2.67. The molecule has 2 aliphatic carbocycles. The molecule has 0 amide bonds. The lowest BCUT2D eigenvalue weighted by atomic mass is 10.0. The van der Waals surface area contributed by atoms with Gasteiger partial charge >= 0.3 is 0 Å². The lowest BCUT2D eigenvalue weighted by Gasteiger charge is -2.09. The van der Waals surface area contributed by atoms with E-state index in [1.54, 1.807) is 0 Å². The predicted molar refractivity (Wildman–Crippen MR) is 45.1 cm³/mol. The summed E-state index contributed by atoms with van der Waals surface area (Å²) in [7, 11) is 0. The first-order chi connectivity index (χ1) is 5.38. The molecule has 0 aromatic heterocycles. The van der Waals surface area contributed by atoms with Crippen LogP contribution in [0.4, 0.5) is 0 Å². The lowest BCUT2D eigenvalue weighted by Crippen LogP contribution is -2.10. The van der Waals surface area contributed by atoms with Crippen molar-refractivity contribution < 1.29 is 5.11 Å². The Balaban J connectivity index is 2.30. The van der Waals surface area contributed by atoms with Crippen molar-refractivity contribution in [2.75, 3.05) is 0 Å². The molecule has 0 aliphatic heterocycles. The van der Waals surface area contributed by atoms with E-state index in [4.69, 9.17) is 0 Å². The summed E-state index contributed by atoms with van der Waals surface area (Å²) in [6.07, 6.45) is 12.1. The van der Waals surface area contributed by atoms with Gasteiger partial charge in [-0.05, 0) is 12.8 Å². The molecule has 0 saturated heterocycles. The van der Waals surface area contributed by atoms with Crippen molar-refractivity contribution in [2.24, 2.45) is 5.92 Å². The zero-order valence-corrected chi connectivity index (χ0v) is 6.40. The van der Waals surface area contributed by atoms with Crippen LogP contribution in [0.1, 0.15) is 12.8 Å². The second-order valence-corrected chi connectivity index (χ2v) is 3.14. The summed E-state index contributed by atoms with van der Waals surface area (Å²) in [4.78, 5) is 0. The van der Waals surface area contributed by atoms with Crippen LogP contribution in [0.5, 0.6) is 0 Å². The average molecular weight is 148 g/mol. The number of aliphatic hydroxyl groups excluding tert-OH is 1. The van der Waals surface area contributed by atoms with E-state index < -0.39 is 0 Å². The highest BCUT2D eigenvalue weighted by Gasteiger charge is 2.27. The first-order valence-electron chi connectivity index (χ1n) is 4.10. The van der Waals surface area contributed by atoms with Crippen LogP contribution in [0.25, 0.3) is 0 Å². The first kappa shape index (κ1) is 6.86. The third-order valence-corrected chi connectivity index (χ3v) is 2.42. The van der Waals surface area contributed by atoms with Crippen molar-refractivity contribution in [3.63, 3.8) is 0 Å². The number of hydrogen-bond donors (Lipinski definition) is 1. The van der Waals surface area contributed by atoms with E-state index in [-0.39, 0.29) is 6.10 Å². The molecular formula is C10H12O. The quantitative estimate of drug-likeness (QED) is 0.555. The minimum absolute atomic E-state index is 0.141. The largest absolute Gasteiger partial charge is 0.392 e. The van der Waals surface area contributed by atoms with Crippen LogP contribution in [0, 0.1) is 5.92 Å². The van der Waals surface area contributed by atoms with E-state index in [2.05, 4.69) is 12.2 Å². The van der Waals surface area contributed by atoms with Crippen molar-refractivity contribution in [2.45, 2.75) is 18.9 Å². The molecule has 1 nitrogen and oxygen atoms in total. The molecule has 58 valence electrons. The molecule has 1 fully saturated rings. The molecule has 0 radical (unpaired) electrons. The van der Waals surface area contributed by atoms with Gasteiger partial charge < -0.3 is 5.11 Å². The molecule has 2 atom stereocenters. The van der Waals surface area contributed by atoms with E-state index in [1.165, 1.54) is 5.57 Å². The molecule has 2 unspecified atom stereocenters. The molecule has 2 rings (SSSR count). The minimum Gasteiger partial charge on any atom is -0.392 e. The van der Waals surface area contributed by atoms with Crippen LogP contribution >= 0.6 is 0 Å². The maximum Gasteiger partial charge on any atom is 0.0643 e. The fourth-order valence-corrected chi connectivity index (χ4v) is 1.78. The number of allylic oxidation sites excluding steroid dienone is 4. The van der Waals surface area contributed by atoms with Gasteiger partial charge in [-0.25, -0.2) is 0 Å². The maximum absolute atomic E-state index is 9.53. The number of aliphatic hydroxyl groups is 1. The molecule has 0 aromatic carbocycles. The standard InChI is InChI=1S/C10H12O/c11-10-7-6-8-4-2-1-3-5-9(8)10/h1-5,9-11H,6-7H2. The van der Waals surface area contributed by atoms with E-state index in [0.29, 0.717) is 5.92 Å². The predicted octanol–water partition coefficient (Wildman–Crippen LogP) is 1.81. The Morgan fingerprint density at radius 3 is 3.09 bits per heavy atom. The van der Waals surface area contributed by atoms with E-state index in [9.17, 15) is 5.11 Å². The molecule has 0 bridgehead atoms. The van der Waals surface area contributed by atoms with Crippen LogP contribution in [-0.4, -0.2) is 11.2 Å². The summed E-state index contributed by atoms with van der Waals surface area (Å²) in [5.41, 5.74) is 1.38. The summed E-state index contributed by atoms with van der Waals surface area (Å²) in [6.45, 7) is 0. The van der Waals surface area contributed by atoms with Crippen LogP contribution in [0.3, 0.4) is 0 Å². The average Bonchev–Trinajstić information content (AvgIpc) is 2.25. The number of fused-ring (bicyclic) bond motifs is 1. The fourth-order valence-electron chi connectivity index (χ4n) is 1.78. The van der Waals surface area contributed by atoms with Gasteiger partial charge in [-0.2, -0.15) is 0 Å². The summed E-state index contributed by atoms with van der Waals surface area (Å²) in [5, 5.41) is 9.53. The van der Waals surface area contributed by atoms with Crippen molar-refractivity contribution in [1.29, 1.82) is 0 Å². The van der Waals surface area contributed by atoms with Crippen molar-refractivity contribution in [3.8, 4) is 0 Å². The Kier molecular flexibility index (Phi) is 1.66. The molecule has 1 N–H and O–H groups in total. The highest BCUT2D eigenvalue weighted by Crippen LogP contribution is 2.33. The number of rotatable bonds is 0. The van der Waals surface area contributed by atoms with Crippen molar-refractivity contribution in [3.05, 3.63) is 36.0 Å². The highest BCUT2D eigenvalue weighted by atomic mass is 16.3. The summed E-state index contributed by atoms with van der Waals surface area (Å²) < 4.78 is 0. The van der Waals surface area contributed by atoms with Crippen LogP contribution in [0.15, 0.2) is 36.0 Å². The first-order valence-corrected chi connectivity index (χ1v) is 4.10. The Morgan fingerprint density at radius 1 is 1.27 bits per heavy atom. The SMILES string of the molecule is OC1CCC2=CC=CC=CC21. The normalized spacial score (nSPS) is 34.8. The van der Waals surface area contributed by atoms with Crippen molar-refractivity contribution >= 4 is 0 Å². The molecule has 2 aliphatic rings. The summed E-state index contributed by atoms with van der Waals surface area (Å²) in [5.74, 6) is 0.296. The fraction of sp³-hybridized carbons (Fsp3) is 0.400. The van der Waals surface area contributed by atoms with Gasteiger partial charge in [-0.1, -0.05) is 36.0 Å². The van der Waals surface area contributed by atoms with E-state index in [0.717, 1.165) is 12.8 Å². The lowest BCUT2D eigenvalue weighted by molar-refractivity contribution is 0.159. The molecule has 1 saturated carbocycles. The zero-order valence-electron chi connectivity index (χ0n) is 6.40. The van der Waals surface area contributed by atoms with Crippen LogP contribution < -0.4 is 0 Å². The van der Waals surface area contributed by atoms with E-state index in [1.807, 2.05) is 18.2 Å². The molecule has 0 aromatic rings. The summed E-state index contributed by atoms with van der Waals surface area (Å²) >= 11 is 0. The third-order valence-electron chi connectivity index (χ3n) is 2.42. The van der Waals surface area contributed by atoms with Gasteiger partial charge in [0.25, 0.3) is 0 Å². The highest BCUT2D eigenvalue weighted by molar-refractivity contribution is 5.30. The van der Waals surface area contributed by atoms with Gasteiger partial charge in [-0.3, -0.25) is 0 Å². The van der Waals surface area contributed by atoms with Gasteiger partial charge in [0.2, 0.25) is 0 Å². The monoisotopic (exact) mass is 148 g/mol. The smallest absolute Gasteiger partial charge is 0.0643 e. The third kappa shape index (κ3) is 1.16. The molecule has 0 spiro atoms. The van der Waals surface area contributed by atoms with Crippen LogP contribution in [0.2, 0.25) is 0 Å². The molecule has 0 heterocycles.